The van der Waals surface area contributed by atoms with E-state index < -0.39 is 0 Å². The van der Waals surface area contributed by atoms with Crippen molar-refractivity contribution in [3.8, 4) is 11.3 Å². The quantitative estimate of drug-likeness (QED) is 0.629. The first-order valence-electron chi connectivity index (χ1n) is 7.70. The number of aromatic nitrogens is 3. The smallest absolute Gasteiger partial charge is 0.215 e. The first-order valence-corrected chi connectivity index (χ1v) is 7.70. The van der Waals surface area contributed by atoms with E-state index in [0.717, 1.165) is 17.8 Å². The third-order valence-electron chi connectivity index (χ3n) is 4.69. The molecule has 1 aliphatic heterocycles. The Bertz CT molecular complexity index is 945. The largest absolute Gasteiger partial charge is 0.302 e. The highest BCUT2D eigenvalue weighted by Crippen LogP contribution is 2.33. The summed E-state index contributed by atoms with van der Waals surface area (Å²) in [6, 6.07) is 6.60. The molecule has 1 aromatic carbocycles. The van der Waals surface area contributed by atoms with Crippen LogP contribution in [-0.2, 0) is 13.5 Å². The third kappa shape index (κ3) is 1.75. The average Bonchev–Trinajstić information content (AvgIpc) is 3.04. The lowest BCUT2D eigenvalue weighted by molar-refractivity contribution is -0.660. The Hall–Kier alpha value is -2.42. The van der Waals surface area contributed by atoms with Crippen molar-refractivity contribution < 1.29 is 4.57 Å². The predicted molar refractivity (Wildman–Crippen MR) is 89.6 cm³/mol. The van der Waals surface area contributed by atoms with Crippen LogP contribution in [0.4, 0.5) is 0 Å². The number of benzene rings is 1. The van der Waals surface area contributed by atoms with Crippen molar-refractivity contribution in [1.29, 1.82) is 0 Å². The molecule has 0 aliphatic carbocycles. The van der Waals surface area contributed by atoms with Gasteiger partial charge in [0, 0.05) is 24.3 Å². The highest BCUT2D eigenvalue weighted by Gasteiger charge is 2.22. The molecule has 3 nitrogen and oxygen atoms in total. The number of pyridine rings is 1. The predicted octanol–water partition coefficient (Wildman–Crippen LogP) is 3.48. The van der Waals surface area contributed by atoms with Crippen molar-refractivity contribution >= 4 is 17.2 Å². The summed E-state index contributed by atoms with van der Waals surface area (Å²) < 4.78 is 4.47. The van der Waals surface area contributed by atoms with Crippen molar-refractivity contribution in [3.05, 3.63) is 53.0 Å². The second-order valence-corrected chi connectivity index (χ2v) is 6.25. The number of nitrogens with zero attached hydrogens (tertiary/aromatic N) is 3. The van der Waals surface area contributed by atoms with Gasteiger partial charge >= 0.3 is 0 Å². The van der Waals surface area contributed by atoms with E-state index in [1.54, 1.807) is 0 Å². The van der Waals surface area contributed by atoms with Gasteiger partial charge in [0.2, 0.25) is 5.69 Å². The highest BCUT2D eigenvalue weighted by molar-refractivity contribution is 5.94. The fourth-order valence-electron chi connectivity index (χ4n) is 3.36. The molecule has 0 spiro atoms. The molecule has 110 valence electrons. The van der Waals surface area contributed by atoms with Crippen LogP contribution in [0.15, 0.2) is 30.5 Å². The van der Waals surface area contributed by atoms with Crippen LogP contribution in [-0.4, -0.2) is 9.55 Å². The summed E-state index contributed by atoms with van der Waals surface area (Å²) in [6.45, 7) is 6.52. The third-order valence-corrected chi connectivity index (χ3v) is 4.69. The number of hydrogen-bond acceptors (Lipinski definition) is 1. The maximum Gasteiger partial charge on any atom is 0.215 e. The average molecular weight is 290 g/mol. The molecule has 0 fully saturated rings. The van der Waals surface area contributed by atoms with Crippen LogP contribution < -0.4 is 4.57 Å². The molecule has 4 rings (SSSR count). The number of rotatable bonds is 1. The number of aryl methyl sites for hydroxylation is 4. The maximum atomic E-state index is 4.78. The zero-order valence-electron chi connectivity index (χ0n) is 13.5. The Morgan fingerprint density at radius 3 is 2.73 bits per heavy atom. The summed E-state index contributed by atoms with van der Waals surface area (Å²) in [4.78, 5) is 4.78. The molecule has 0 N–H and O–H groups in total. The highest BCUT2D eigenvalue weighted by atomic mass is 15.1. The number of allylic oxidation sites excluding steroid dienone is 1. The van der Waals surface area contributed by atoms with Gasteiger partial charge in [-0.3, -0.25) is 0 Å². The molecular formula is C19H20N3+. The van der Waals surface area contributed by atoms with Gasteiger partial charge in [0.25, 0.3) is 0 Å². The van der Waals surface area contributed by atoms with Gasteiger partial charge in [0.05, 0.1) is 16.6 Å². The van der Waals surface area contributed by atoms with Gasteiger partial charge in [-0.05, 0) is 38.0 Å². The summed E-state index contributed by atoms with van der Waals surface area (Å²) in [5, 5.41) is 0. The lowest BCUT2D eigenvalue weighted by Crippen LogP contribution is -2.31. The Balaban J connectivity index is 2.13. The summed E-state index contributed by atoms with van der Waals surface area (Å²) in [7, 11) is 2.12. The molecule has 0 bridgehead atoms. The zero-order chi connectivity index (χ0) is 15.4. The minimum atomic E-state index is 0.923. The molecule has 0 atom stereocenters. The van der Waals surface area contributed by atoms with Gasteiger partial charge in [-0.25, -0.2) is 9.55 Å². The van der Waals surface area contributed by atoms with Gasteiger partial charge in [0.1, 0.15) is 12.9 Å². The fourth-order valence-corrected chi connectivity index (χ4v) is 3.36. The molecule has 22 heavy (non-hydrogen) atoms. The van der Waals surface area contributed by atoms with E-state index in [1.165, 1.54) is 33.5 Å². The van der Waals surface area contributed by atoms with Gasteiger partial charge in [0.15, 0.2) is 6.20 Å². The summed E-state index contributed by atoms with van der Waals surface area (Å²) in [6.07, 6.45) is 7.45. The van der Waals surface area contributed by atoms with Gasteiger partial charge in [-0.15, -0.1) is 0 Å². The Morgan fingerprint density at radius 1 is 1.09 bits per heavy atom. The van der Waals surface area contributed by atoms with Crippen LogP contribution in [0.1, 0.15) is 22.5 Å². The van der Waals surface area contributed by atoms with Crippen LogP contribution in [0, 0.1) is 20.8 Å². The molecule has 0 radical (unpaired) electrons. The molecule has 3 heterocycles. The number of fused-ring (bicyclic) bond motifs is 3. The van der Waals surface area contributed by atoms with Crippen molar-refractivity contribution in [2.75, 3.05) is 0 Å². The van der Waals surface area contributed by atoms with E-state index in [2.05, 4.69) is 73.6 Å². The molecule has 0 unspecified atom stereocenters. The molecule has 3 aromatic rings. The van der Waals surface area contributed by atoms with E-state index in [4.69, 9.17) is 4.98 Å². The number of hydrogen-bond donors (Lipinski definition) is 0. The summed E-state index contributed by atoms with van der Waals surface area (Å²) in [5.41, 5.74) is 8.76. The monoisotopic (exact) mass is 290 g/mol. The van der Waals surface area contributed by atoms with Crippen LogP contribution in [0.3, 0.4) is 0 Å². The van der Waals surface area contributed by atoms with E-state index in [9.17, 15) is 0 Å². The Labute approximate surface area is 130 Å². The van der Waals surface area contributed by atoms with Gasteiger partial charge in [-0.2, -0.15) is 0 Å². The van der Waals surface area contributed by atoms with E-state index in [-0.39, 0.29) is 0 Å². The van der Waals surface area contributed by atoms with Gasteiger partial charge < -0.3 is 4.57 Å². The Morgan fingerprint density at radius 2 is 1.91 bits per heavy atom. The van der Waals surface area contributed by atoms with E-state index in [1.807, 2.05) is 0 Å². The minimum Gasteiger partial charge on any atom is -0.302 e. The molecule has 1 aliphatic rings. The van der Waals surface area contributed by atoms with Crippen LogP contribution in [0.25, 0.3) is 28.5 Å². The Kier molecular flexibility index (Phi) is 2.73. The van der Waals surface area contributed by atoms with Crippen molar-refractivity contribution in [2.24, 2.45) is 7.05 Å². The topological polar surface area (TPSA) is 21.7 Å². The molecule has 0 saturated carbocycles. The minimum absolute atomic E-state index is 0.923. The zero-order valence-corrected chi connectivity index (χ0v) is 13.5. The molecular weight excluding hydrogens is 270 g/mol. The standard InChI is InChI=1S/C19H20N3/c1-12-7-8-15-19(22-9-5-6-17(22)20-15)18(12)16-10-13(2)14(3)11-21(16)4/h5,7-11H,6H2,1-4H3/q+1. The van der Waals surface area contributed by atoms with E-state index in [0.29, 0.717) is 0 Å². The van der Waals surface area contributed by atoms with Crippen LogP contribution in [0.5, 0.6) is 0 Å². The number of imidazole rings is 1. The summed E-state index contributed by atoms with van der Waals surface area (Å²) in [5.74, 6) is 1.13. The second-order valence-electron chi connectivity index (χ2n) is 6.25. The van der Waals surface area contributed by atoms with E-state index >= 15 is 0 Å². The summed E-state index contributed by atoms with van der Waals surface area (Å²) >= 11 is 0. The lowest BCUT2D eigenvalue weighted by Gasteiger charge is -2.09. The normalized spacial score (nSPS) is 13.1. The second kappa shape index (κ2) is 4.54. The molecule has 0 saturated heterocycles. The van der Waals surface area contributed by atoms with Crippen molar-refractivity contribution in [3.63, 3.8) is 0 Å². The SMILES string of the molecule is Cc1cc(-c2c(C)ccc3nc4n(c23)C=CC4)[n+](C)cc1C. The van der Waals surface area contributed by atoms with Crippen molar-refractivity contribution in [1.82, 2.24) is 9.55 Å². The lowest BCUT2D eigenvalue weighted by atomic mass is 10.0. The molecule has 2 aromatic heterocycles. The van der Waals surface area contributed by atoms with Crippen LogP contribution in [0.2, 0.25) is 0 Å². The molecule has 0 amide bonds. The first kappa shape index (κ1) is 13.3. The maximum absolute atomic E-state index is 4.78. The first-order chi connectivity index (χ1) is 10.6. The van der Waals surface area contributed by atoms with Crippen LogP contribution >= 0.6 is 0 Å². The fraction of sp³-hybridized carbons (Fsp3) is 0.263. The molecule has 3 heteroatoms. The van der Waals surface area contributed by atoms with Gasteiger partial charge in [-0.1, -0.05) is 12.1 Å². The van der Waals surface area contributed by atoms with Crippen molar-refractivity contribution in [2.45, 2.75) is 27.2 Å².